The standard InChI is InChI=1S/C12H22N6O2/c1-2-20-12-16-10(15-11(17-12)18-13)14-7-8-5-3-4-6-9(8)19/h8-9,19H,2-7,13H2,1H3,(H2,14,15,16,17,18). The van der Waals surface area contributed by atoms with Gasteiger partial charge in [0.05, 0.1) is 12.7 Å². The largest absolute Gasteiger partial charge is 0.464 e. The Balaban J connectivity index is 1.98. The lowest BCUT2D eigenvalue weighted by Crippen LogP contribution is -2.30. The average molecular weight is 282 g/mol. The quantitative estimate of drug-likeness (QED) is 0.440. The predicted molar refractivity (Wildman–Crippen MR) is 75.3 cm³/mol. The van der Waals surface area contributed by atoms with Gasteiger partial charge in [0, 0.05) is 12.5 Å². The molecule has 1 aliphatic rings. The van der Waals surface area contributed by atoms with Crippen molar-refractivity contribution in [2.75, 3.05) is 23.9 Å². The number of ether oxygens (including phenoxy) is 1. The van der Waals surface area contributed by atoms with Crippen LogP contribution in [0, 0.1) is 5.92 Å². The third-order valence-electron chi connectivity index (χ3n) is 3.41. The molecule has 0 bridgehead atoms. The molecule has 112 valence electrons. The summed E-state index contributed by atoms with van der Waals surface area (Å²) in [6.07, 6.45) is 3.87. The maximum Gasteiger partial charge on any atom is 0.323 e. The Morgan fingerprint density at radius 2 is 2.00 bits per heavy atom. The van der Waals surface area contributed by atoms with Crippen molar-refractivity contribution in [3.8, 4) is 6.01 Å². The molecular formula is C12H22N6O2. The van der Waals surface area contributed by atoms with E-state index in [1.165, 1.54) is 0 Å². The SMILES string of the molecule is CCOc1nc(NN)nc(NCC2CCCCC2O)n1. The van der Waals surface area contributed by atoms with Crippen LogP contribution in [0.2, 0.25) is 0 Å². The molecule has 2 unspecified atom stereocenters. The average Bonchev–Trinajstić information content (AvgIpc) is 2.46. The molecular weight excluding hydrogens is 260 g/mol. The number of hydrogen-bond donors (Lipinski definition) is 4. The first-order chi connectivity index (χ1) is 9.72. The minimum absolute atomic E-state index is 0.224. The molecule has 0 spiro atoms. The van der Waals surface area contributed by atoms with Gasteiger partial charge >= 0.3 is 6.01 Å². The topological polar surface area (TPSA) is 118 Å². The highest BCUT2D eigenvalue weighted by atomic mass is 16.5. The van der Waals surface area contributed by atoms with Gasteiger partial charge in [-0.15, -0.1) is 0 Å². The Morgan fingerprint density at radius 1 is 1.25 bits per heavy atom. The van der Waals surface area contributed by atoms with Crippen LogP contribution in [0.25, 0.3) is 0 Å². The van der Waals surface area contributed by atoms with Crippen LogP contribution in [0.1, 0.15) is 32.6 Å². The highest BCUT2D eigenvalue weighted by Gasteiger charge is 2.23. The van der Waals surface area contributed by atoms with Gasteiger partial charge in [-0.1, -0.05) is 12.8 Å². The van der Waals surface area contributed by atoms with Crippen molar-refractivity contribution >= 4 is 11.9 Å². The van der Waals surface area contributed by atoms with E-state index < -0.39 is 0 Å². The van der Waals surface area contributed by atoms with E-state index in [0.29, 0.717) is 19.1 Å². The van der Waals surface area contributed by atoms with Gasteiger partial charge in [-0.2, -0.15) is 15.0 Å². The summed E-state index contributed by atoms with van der Waals surface area (Å²) in [6, 6.07) is 0.224. The van der Waals surface area contributed by atoms with Gasteiger partial charge < -0.3 is 15.2 Å². The molecule has 0 aliphatic heterocycles. The Labute approximate surface area is 118 Å². The zero-order valence-electron chi connectivity index (χ0n) is 11.7. The lowest BCUT2D eigenvalue weighted by atomic mass is 9.86. The van der Waals surface area contributed by atoms with Crippen LogP contribution in [0.4, 0.5) is 11.9 Å². The van der Waals surface area contributed by atoms with Crippen molar-refractivity contribution in [1.82, 2.24) is 15.0 Å². The Morgan fingerprint density at radius 3 is 2.70 bits per heavy atom. The van der Waals surface area contributed by atoms with Crippen LogP contribution in [0.3, 0.4) is 0 Å². The molecule has 1 heterocycles. The highest BCUT2D eigenvalue weighted by Crippen LogP contribution is 2.24. The number of nitrogen functional groups attached to an aromatic ring is 1. The summed E-state index contributed by atoms with van der Waals surface area (Å²) in [5.74, 6) is 6.19. The maximum absolute atomic E-state index is 9.94. The minimum Gasteiger partial charge on any atom is -0.464 e. The van der Waals surface area contributed by atoms with E-state index in [-0.39, 0.29) is 24.0 Å². The number of anilines is 2. The van der Waals surface area contributed by atoms with Crippen LogP contribution >= 0.6 is 0 Å². The fourth-order valence-corrected chi connectivity index (χ4v) is 2.34. The Kier molecular flexibility index (Phi) is 5.31. The van der Waals surface area contributed by atoms with Crippen LogP contribution in [-0.2, 0) is 0 Å². The van der Waals surface area contributed by atoms with Gasteiger partial charge in [0.25, 0.3) is 0 Å². The molecule has 0 amide bonds. The first kappa shape index (κ1) is 14.7. The van der Waals surface area contributed by atoms with Crippen molar-refractivity contribution in [2.24, 2.45) is 11.8 Å². The summed E-state index contributed by atoms with van der Waals surface area (Å²) in [5, 5.41) is 13.1. The van der Waals surface area contributed by atoms with Crippen molar-refractivity contribution in [1.29, 1.82) is 0 Å². The molecule has 5 N–H and O–H groups in total. The Bertz CT molecular complexity index is 430. The summed E-state index contributed by atoms with van der Waals surface area (Å²) in [5.41, 5.74) is 2.38. The molecule has 0 radical (unpaired) electrons. The van der Waals surface area contributed by atoms with Gasteiger partial charge in [-0.25, -0.2) is 5.84 Å². The monoisotopic (exact) mass is 282 g/mol. The summed E-state index contributed by atoms with van der Waals surface area (Å²) >= 11 is 0. The van der Waals surface area contributed by atoms with E-state index in [9.17, 15) is 5.11 Å². The van der Waals surface area contributed by atoms with E-state index in [4.69, 9.17) is 10.6 Å². The highest BCUT2D eigenvalue weighted by molar-refractivity contribution is 5.34. The van der Waals surface area contributed by atoms with Gasteiger partial charge in [0.1, 0.15) is 0 Å². The number of aromatic nitrogens is 3. The summed E-state index contributed by atoms with van der Waals surface area (Å²) in [4.78, 5) is 12.2. The molecule has 0 aromatic carbocycles. The molecule has 1 aromatic rings. The number of nitrogens with two attached hydrogens (primary N) is 1. The van der Waals surface area contributed by atoms with Crippen LogP contribution in [0.15, 0.2) is 0 Å². The number of hydrogen-bond acceptors (Lipinski definition) is 8. The van der Waals surface area contributed by atoms with E-state index >= 15 is 0 Å². The number of aliphatic hydroxyl groups excluding tert-OH is 1. The second-order valence-corrected chi connectivity index (χ2v) is 4.84. The maximum atomic E-state index is 9.94. The summed E-state index contributed by atoms with van der Waals surface area (Å²) < 4.78 is 5.25. The zero-order valence-corrected chi connectivity index (χ0v) is 11.7. The third-order valence-corrected chi connectivity index (χ3v) is 3.41. The summed E-state index contributed by atoms with van der Waals surface area (Å²) in [6.45, 7) is 2.94. The fourth-order valence-electron chi connectivity index (χ4n) is 2.34. The number of rotatable bonds is 6. The first-order valence-electron chi connectivity index (χ1n) is 7.00. The van der Waals surface area contributed by atoms with Gasteiger partial charge in [-0.3, -0.25) is 5.43 Å². The van der Waals surface area contributed by atoms with Gasteiger partial charge in [0.15, 0.2) is 0 Å². The molecule has 1 saturated carbocycles. The molecule has 8 nitrogen and oxygen atoms in total. The summed E-state index contributed by atoms with van der Waals surface area (Å²) in [7, 11) is 0. The lowest BCUT2D eigenvalue weighted by molar-refractivity contribution is 0.0762. The number of hydrazine groups is 1. The molecule has 20 heavy (non-hydrogen) atoms. The molecule has 1 aliphatic carbocycles. The van der Waals surface area contributed by atoms with E-state index in [1.54, 1.807) is 0 Å². The number of nitrogens with one attached hydrogen (secondary N) is 2. The van der Waals surface area contributed by atoms with Gasteiger partial charge in [-0.05, 0) is 19.8 Å². The zero-order chi connectivity index (χ0) is 14.4. The van der Waals surface area contributed by atoms with Crippen LogP contribution in [-0.4, -0.2) is 39.3 Å². The van der Waals surface area contributed by atoms with Crippen LogP contribution in [0.5, 0.6) is 6.01 Å². The second kappa shape index (κ2) is 7.20. The number of nitrogens with zero attached hydrogens (tertiary/aromatic N) is 3. The normalized spacial score (nSPS) is 22.4. The van der Waals surface area contributed by atoms with Crippen molar-refractivity contribution in [3.63, 3.8) is 0 Å². The van der Waals surface area contributed by atoms with Crippen molar-refractivity contribution < 1.29 is 9.84 Å². The lowest BCUT2D eigenvalue weighted by Gasteiger charge is -2.27. The third kappa shape index (κ3) is 3.91. The van der Waals surface area contributed by atoms with E-state index in [0.717, 1.165) is 25.7 Å². The first-order valence-corrected chi connectivity index (χ1v) is 7.00. The minimum atomic E-state index is -0.253. The molecule has 1 aromatic heterocycles. The van der Waals surface area contributed by atoms with Crippen molar-refractivity contribution in [2.45, 2.75) is 38.7 Å². The van der Waals surface area contributed by atoms with Crippen molar-refractivity contribution in [3.05, 3.63) is 0 Å². The molecule has 0 saturated heterocycles. The van der Waals surface area contributed by atoms with Gasteiger partial charge in [0.2, 0.25) is 11.9 Å². The Hall–Kier alpha value is -1.67. The number of aliphatic hydroxyl groups is 1. The molecule has 2 rings (SSSR count). The molecule has 2 atom stereocenters. The molecule has 1 fully saturated rings. The van der Waals surface area contributed by atoms with E-state index in [2.05, 4.69) is 25.7 Å². The second-order valence-electron chi connectivity index (χ2n) is 4.84. The predicted octanol–water partition coefficient (Wildman–Crippen LogP) is 0.519. The van der Waals surface area contributed by atoms with Crippen LogP contribution < -0.4 is 21.3 Å². The van der Waals surface area contributed by atoms with E-state index in [1.807, 2.05) is 6.92 Å². The molecule has 8 heteroatoms. The fraction of sp³-hybridized carbons (Fsp3) is 0.750. The smallest absolute Gasteiger partial charge is 0.323 e.